The van der Waals surface area contributed by atoms with Gasteiger partial charge in [0.25, 0.3) is 11.8 Å². The highest BCUT2D eigenvalue weighted by molar-refractivity contribution is 6.26. The van der Waals surface area contributed by atoms with Crippen molar-refractivity contribution in [1.29, 1.82) is 0 Å². The zero-order valence-corrected chi connectivity index (χ0v) is 23.2. The zero-order valence-electron chi connectivity index (χ0n) is 23.2. The third kappa shape index (κ3) is 8.57. The van der Waals surface area contributed by atoms with Gasteiger partial charge in [-0.15, -0.1) is 0 Å². The zero-order chi connectivity index (χ0) is 27.2. The lowest BCUT2D eigenvalue weighted by Crippen LogP contribution is -2.40. The van der Waals surface area contributed by atoms with E-state index in [1.54, 1.807) is 0 Å². The molecule has 38 heavy (non-hydrogen) atoms. The molecule has 0 bridgehead atoms. The fourth-order valence-electron chi connectivity index (χ4n) is 5.42. The summed E-state index contributed by atoms with van der Waals surface area (Å²) in [6, 6.07) is 9.52. The van der Waals surface area contributed by atoms with Crippen LogP contribution in [0.5, 0.6) is 0 Å². The van der Waals surface area contributed by atoms with E-state index in [4.69, 9.17) is 5.11 Å². The number of unbranched alkanes of at least 4 members (excludes halogenated alkanes) is 13. The number of carboxylic acids is 1. The maximum absolute atomic E-state index is 13.2. The minimum atomic E-state index is -0.788. The first-order valence-corrected chi connectivity index (χ1v) is 14.9. The number of imide groups is 1. The number of aliphatic carboxylic acids is 1. The van der Waals surface area contributed by atoms with Crippen LogP contribution in [0.15, 0.2) is 30.3 Å². The molecule has 0 saturated heterocycles. The van der Waals surface area contributed by atoms with Crippen LogP contribution in [0.3, 0.4) is 0 Å². The van der Waals surface area contributed by atoms with Crippen molar-refractivity contribution in [3.63, 3.8) is 0 Å². The van der Waals surface area contributed by atoms with E-state index in [1.807, 2.05) is 30.3 Å². The van der Waals surface area contributed by atoms with E-state index >= 15 is 0 Å². The molecule has 1 aliphatic rings. The summed E-state index contributed by atoms with van der Waals surface area (Å²) in [5.74, 6) is -1.26. The van der Waals surface area contributed by atoms with Gasteiger partial charge in [0.05, 0.1) is 0 Å². The maximum atomic E-state index is 13.2. The van der Waals surface area contributed by atoms with Gasteiger partial charge in [-0.3, -0.25) is 19.3 Å². The fourth-order valence-corrected chi connectivity index (χ4v) is 5.42. The predicted octanol–water partition coefficient (Wildman–Crippen LogP) is 8.19. The summed E-state index contributed by atoms with van der Waals surface area (Å²) in [6.45, 7) is 3.50. The fraction of sp³-hybridized carbons (Fsp3) is 0.594. The SMILES string of the molecule is CCCCCCCCCCCCCNc1ccc2c3c(cccc13)C(=O)N(CCCCCCC(=O)O)C2=O. The smallest absolute Gasteiger partial charge is 0.303 e. The standard InChI is InChI=1S/C32H46N2O4/c1-2-3-4-5-6-7-8-9-10-12-15-23-33-28-22-21-27-30-25(28)18-17-19-26(30)31(37)34(32(27)38)24-16-13-11-14-20-29(35)36/h17-19,21-22,33H,2-16,20,23-24H2,1H3,(H,35,36). The molecule has 6 heteroatoms. The molecular formula is C32H46N2O4. The summed E-state index contributed by atoms with van der Waals surface area (Å²) in [4.78, 5) is 38.4. The number of nitrogens with one attached hydrogen (secondary N) is 1. The van der Waals surface area contributed by atoms with Gasteiger partial charge in [-0.05, 0) is 37.5 Å². The molecule has 1 heterocycles. The molecule has 6 nitrogen and oxygen atoms in total. The summed E-state index contributed by atoms with van der Waals surface area (Å²) < 4.78 is 0. The van der Waals surface area contributed by atoms with Crippen molar-refractivity contribution in [2.75, 3.05) is 18.4 Å². The first kappa shape index (κ1) is 29.7. The van der Waals surface area contributed by atoms with Gasteiger partial charge in [-0.25, -0.2) is 0 Å². The van der Waals surface area contributed by atoms with Gasteiger partial charge in [0.1, 0.15) is 0 Å². The van der Waals surface area contributed by atoms with Crippen LogP contribution in [0, 0.1) is 0 Å². The number of carbonyl (C=O) groups excluding carboxylic acids is 2. The second kappa shape index (κ2) is 16.2. The van der Waals surface area contributed by atoms with E-state index in [9.17, 15) is 14.4 Å². The number of carboxylic acid groups (broad SMARTS) is 1. The van der Waals surface area contributed by atoms with Crippen molar-refractivity contribution >= 4 is 34.2 Å². The van der Waals surface area contributed by atoms with Crippen LogP contribution in [0.4, 0.5) is 5.69 Å². The van der Waals surface area contributed by atoms with Crippen molar-refractivity contribution < 1.29 is 19.5 Å². The predicted molar refractivity (Wildman–Crippen MR) is 155 cm³/mol. The Morgan fingerprint density at radius 1 is 0.737 bits per heavy atom. The van der Waals surface area contributed by atoms with Crippen LogP contribution in [0.2, 0.25) is 0 Å². The Hall–Kier alpha value is -2.89. The molecule has 0 aromatic heterocycles. The first-order chi connectivity index (χ1) is 18.5. The van der Waals surface area contributed by atoms with E-state index in [-0.39, 0.29) is 18.2 Å². The number of amides is 2. The average molecular weight is 523 g/mol. The van der Waals surface area contributed by atoms with Crippen molar-refractivity contribution in [2.24, 2.45) is 0 Å². The molecule has 208 valence electrons. The number of benzene rings is 2. The number of rotatable bonds is 20. The Balaban J connectivity index is 1.46. The Kier molecular flexibility index (Phi) is 12.6. The number of hydrogen-bond acceptors (Lipinski definition) is 4. The maximum Gasteiger partial charge on any atom is 0.303 e. The Morgan fingerprint density at radius 2 is 1.32 bits per heavy atom. The summed E-state index contributed by atoms with van der Waals surface area (Å²) in [5.41, 5.74) is 2.15. The number of anilines is 1. The van der Waals surface area contributed by atoms with Crippen molar-refractivity contribution in [2.45, 2.75) is 110 Å². The van der Waals surface area contributed by atoms with Crippen molar-refractivity contribution in [3.05, 3.63) is 41.5 Å². The molecule has 0 unspecified atom stereocenters. The van der Waals surface area contributed by atoms with Gasteiger partial charge >= 0.3 is 5.97 Å². The molecule has 0 saturated carbocycles. The summed E-state index contributed by atoms with van der Waals surface area (Å²) in [6.07, 6.45) is 17.5. The van der Waals surface area contributed by atoms with Crippen molar-refractivity contribution in [1.82, 2.24) is 4.90 Å². The topological polar surface area (TPSA) is 86.7 Å². The van der Waals surface area contributed by atoms with E-state index in [0.717, 1.165) is 42.3 Å². The van der Waals surface area contributed by atoms with Crippen LogP contribution >= 0.6 is 0 Å². The van der Waals surface area contributed by atoms with E-state index in [2.05, 4.69) is 12.2 Å². The Labute approximate surface area is 228 Å². The Morgan fingerprint density at radius 3 is 1.97 bits per heavy atom. The average Bonchev–Trinajstić information content (AvgIpc) is 2.91. The largest absolute Gasteiger partial charge is 0.481 e. The summed E-state index contributed by atoms with van der Waals surface area (Å²) in [5, 5.41) is 14.0. The lowest BCUT2D eigenvalue weighted by molar-refractivity contribution is -0.137. The van der Waals surface area contributed by atoms with E-state index < -0.39 is 5.97 Å². The number of carbonyl (C=O) groups is 3. The molecule has 1 aliphatic heterocycles. The summed E-state index contributed by atoms with van der Waals surface area (Å²) in [7, 11) is 0. The minimum absolute atomic E-state index is 0.159. The highest BCUT2D eigenvalue weighted by Gasteiger charge is 2.32. The van der Waals surface area contributed by atoms with Crippen LogP contribution in [0.1, 0.15) is 130 Å². The molecule has 2 aromatic carbocycles. The van der Waals surface area contributed by atoms with Gasteiger partial charge in [0, 0.05) is 47.1 Å². The molecule has 0 atom stereocenters. The van der Waals surface area contributed by atoms with Gasteiger partial charge in [-0.1, -0.05) is 96.1 Å². The van der Waals surface area contributed by atoms with Crippen LogP contribution < -0.4 is 5.32 Å². The second-order valence-electron chi connectivity index (χ2n) is 10.7. The third-order valence-corrected chi connectivity index (χ3v) is 7.61. The van der Waals surface area contributed by atoms with Crippen LogP contribution in [0.25, 0.3) is 10.8 Å². The lowest BCUT2D eigenvalue weighted by atomic mass is 9.92. The number of hydrogen-bond donors (Lipinski definition) is 2. The van der Waals surface area contributed by atoms with E-state index in [0.29, 0.717) is 30.5 Å². The quantitative estimate of drug-likeness (QED) is 0.135. The molecule has 3 rings (SSSR count). The molecule has 2 amide bonds. The summed E-state index contributed by atoms with van der Waals surface area (Å²) >= 11 is 0. The van der Waals surface area contributed by atoms with Crippen LogP contribution in [-0.4, -0.2) is 40.9 Å². The Bertz CT molecular complexity index is 1040. The molecule has 2 N–H and O–H groups in total. The highest BCUT2D eigenvalue weighted by Crippen LogP contribution is 2.34. The third-order valence-electron chi connectivity index (χ3n) is 7.61. The van der Waals surface area contributed by atoms with Gasteiger partial charge in [-0.2, -0.15) is 0 Å². The van der Waals surface area contributed by atoms with Gasteiger partial charge in [0.2, 0.25) is 0 Å². The molecule has 0 aliphatic carbocycles. The molecule has 0 fully saturated rings. The van der Waals surface area contributed by atoms with Crippen LogP contribution in [-0.2, 0) is 4.79 Å². The lowest BCUT2D eigenvalue weighted by Gasteiger charge is -2.28. The molecule has 0 radical (unpaired) electrons. The highest BCUT2D eigenvalue weighted by atomic mass is 16.4. The second-order valence-corrected chi connectivity index (χ2v) is 10.7. The van der Waals surface area contributed by atoms with Crippen molar-refractivity contribution in [3.8, 4) is 0 Å². The monoisotopic (exact) mass is 522 g/mol. The normalized spacial score (nSPS) is 12.9. The molecule has 2 aromatic rings. The minimum Gasteiger partial charge on any atom is -0.481 e. The molecule has 0 spiro atoms. The van der Waals surface area contributed by atoms with Gasteiger partial charge in [0.15, 0.2) is 0 Å². The number of nitrogens with zero attached hydrogens (tertiary/aromatic N) is 1. The molecular weight excluding hydrogens is 476 g/mol. The van der Waals surface area contributed by atoms with E-state index in [1.165, 1.54) is 69.1 Å². The first-order valence-electron chi connectivity index (χ1n) is 14.9. The van der Waals surface area contributed by atoms with Gasteiger partial charge < -0.3 is 10.4 Å².